The first-order valence-corrected chi connectivity index (χ1v) is 6.31. The number of hydrogen-bond donors (Lipinski definition) is 1. The summed E-state index contributed by atoms with van der Waals surface area (Å²) in [6.45, 7) is 2.12. The smallest absolute Gasteiger partial charge is 0.223 e. The van der Waals surface area contributed by atoms with Crippen molar-refractivity contribution in [2.75, 3.05) is 12.4 Å². The van der Waals surface area contributed by atoms with Gasteiger partial charge < -0.3 is 10.1 Å². The number of nitrogens with zero attached hydrogens (tertiary/aromatic N) is 2. The van der Waals surface area contributed by atoms with Gasteiger partial charge in [-0.05, 0) is 18.4 Å². The van der Waals surface area contributed by atoms with Crippen LogP contribution in [0.5, 0.6) is 5.75 Å². The Morgan fingerprint density at radius 3 is 2.76 bits per heavy atom. The van der Waals surface area contributed by atoms with E-state index in [0.717, 1.165) is 6.42 Å². The lowest BCUT2D eigenvalue weighted by Crippen LogP contribution is -2.19. The molecule has 2 aromatic heterocycles. The van der Waals surface area contributed by atoms with Gasteiger partial charge in [0.05, 0.1) is 19.5 Å². The molecule has 0 spiro atoms. The van der Waals surface area contributed by atoms with E-state index < -0.39 is 0 Å². The zero-order valence-corrected chi connectivity index (χ0v) is 10.7. The second kappa shape index (κ2) is 5.63. The Morgan fingerprint density at radius 1 is 1.41 bits per heavy atom. The number of methoxy groups -OCH3 is 1. The maximum absolute atomic E-state index is 5.01. The van der Waals surface area contributed by atoms with Crippen molar-refractivity contribution < 1.29 is 4.74 Å². The quantitative estimate of drug-likeness (QED) is 0.884. The highest BCUT2D eigenvalue weighted by Gasteiger charge is 2.06. The Balaban J connectivity index is 1.91. The number of ether oxygens (including phenoxy) is 1. The van der Waals surface area contributed by atoms with Crippen molar-refractivity contribution >= 4 is 17.3 Å². The number of aromatic nitrogens is 2. The van der Waals surface area contributed by atoms with E-state index in [1.54, 1.807) is 30.8 Å². The molecule has 0 bridgehead atoms. The zero-order valence-electron chi connectivity index (χ0n) is 9.88. The van der Waals surface area contributed by atoms with E-state index in [4.69, 9.17) is 4.74 Å². The largest absolute Gasteiger partial charge is 0.494 e. The minimum atomic E-state index is 0.307. The molecule has 0 radical (unpaired) electrons. The van der Waals surface area contributed by atoms with Crippen LogP contribution in [0, 0.1) is 0 Å². The van der Waals surface area contributed by atoms with Crippen molar-refractivity contribution in [1.82, 2.24) is 9.97 Å². The van der Waals surface area contributed by atoms with Gasteiger partial charge in [0.1, 0.15) is 0 Å². The van der Waals surface area contributed by atoms with Crippen molar-refractivity contribution in [3.63, 3.8) is 0 Å². The molecule has 0 aromatic carbocycles. The van der Waals surface area contributed by atoms with Gasteiger partial charge in [0.25, 0.3) is 0 Å². The van der Waals surface area contributed by atoms with E-state index in [0.29, 0.717) is 17.7 Å². The number of rotatable bonds is 5. The van der Waals surface area contributed by atoms with E-state index in [2.05, 4.69) is 39.7 Å². The number of nitrogens with one attached hydrogen (secondary N) is 1. The normalized spacial score (nSPS) is 12.1. The molecular formula is C12H15N3OS. The van der Waals surface area contributed by atoms with Gasteiger partial charge in [0, 0.05) is 17.3 Å². The van der Waals surface area contributed by atoms with Crippen molar-refractivity contribution in [3.8, 4) is 5.75 Å². The summed E-state index contributed by atoms with van der Waals surface area (Å²) < 4.78 is 5.01. The molecule has 2 heterocycles. The van der Waals surface area contributed by atoms with E-state index in [1.165, 1.54) is 4.88 Å². The predicted octanol–water partition coefficient (Wildman–Crippen LogP) is 2.59. The Bertz CT molecular complexity index is 441. The Labute approximate surface area is 105 Å². The van der Waals surface area contributed by atoms with E-state index in [1.807, 2.05) is 0 Å². The maximum Gasteiger partial charge on any atom is 0.223 e. The van der Waals surface area contributed by atoms with E-state index >= 15 is 0 Å². The van der Waals surface area contributed by atoms with E-state index in [9.17, 15) is 0 Å². The molecule has 1 N–H and O–H groups in total. The lowest BCUT2D eigenvalue weighted by atomic mass is 10.2. The molecule has 0 saturated heterocycles. The minimum absolute atomic E-state index is 0.307. The van der Waals surface area contributed by atoms with Gasteiger partial charge in [0.2, 0.25) is 5.95 Å². The molecule has 0 saturated carbocycles. The summed E-state index contributed by atoms with van der Waals surface area (Å²) in [4.78, 5) is 9.71. The minimum Gasteiger partial charge on any atom is -0.494 e. The number of hydrogen-bond acceptors (Lipinski definition) is 5. The molecule has 0 aliphatic carbocycles. The van der Waals surface area contributed by atoms with Crippen LogP contribution >= 0.6 is 11.3 Å². The first-order chi connectivity index (χ1) is 8.28. The van der Waals surface area contributed by atoms with Crippen LogP contribution < -0.4 is 10.1 Å². The number of thiophene rings is 1. The van der Waals surface area contributed by atoms with Crippen LogP contribution in [-0.4, -0.2) is 23.1 Å². The van der Waals surface area contributed by atoms with Crippen molar-refractivity contribution in [3.05, 3.63) is 34.8 Å². The van der Waals surface area contributed by atoms with Crippen molar-refractivity contribution in [2.24, 2.45) is 0 Å². The molecule has 2 aromatic rings. The standard InChI is InChI=1S/C12H15N3OS/c1-9(6-11-4-3-5-17-11)15-12-13-7-10(16-2)8-14-12/h3-5,7-9H,6H2,1-2H3,(H,13,14,15). The average molecular weight is 249 g/mol. The van der Waals surface area contributed by atoms with Crippen LogP contribution in [0.25, 0.3) is 0 Å². The Hall–Kier alpha value is -1.62. The van der Waals surface area contributed by atoms with Gasteiger partial charge in [-0.1, -0.05) is 6.07 Å². The van der Waals surface area contributed by atoms with Gasteiger partial charge in [-0.2, -0.15) is 0 Å². The molecule has 17 heavy (non-hydrogen) atoms. The third-order valence-electron chi connectivity index (χ3n) is 2.33. The van der Waals surface area contributed by atoms with Gasteiger partial charge in [-0.25, -0.2) is 9.97 Å². The first-order valence-electron chi connectivity index (χ1n) is 5.43. The highest BCUT2D eigenvalue weighted by atomic mass is 32.1. The molecule has 0 amide bonds. The molecule has 0 aliphatic heterocycles. The second-order valence-electron chi connectivity index (χ2n) is 3.78. The molecule has 90 valence electrons. The highest BCUT2D eigenvalue weighted by molar-refractivity contribution is 7.09. The molecule has 4 nitrogen and oxygen atoms in total. The topological polar surface area (TPSA) is 47.0 Å². The van der Waals surface area contributed by atoms with Crippen molar-refractivity contribution in [2.45, 2.75) is 19.4 Å². The van der Waals surface area contributed by atoms with Crippen LogP contribution in [0.4, 0.5) is 5.95 Å². The fourth-order valence-corrected chi connectivity index (χ4v) is 2.33. The Kier molecular flexibility index (Phi) is 3.93. The fourth-order valence-electron chi connectivity index (χ4n) is 1.50. The summed E-state index contributed by atoms with van der Waals surface area (Å²) in [5.41, 5.74) is 0. The number of anilines is 1. The summed E-state index contributed by atoms with van der Waals surface area (Å²) in [5.74, 6) is 1.30. The molecule has 0 aliphatic rings. The summed E-state index contributed by atoms with van der Waals surface area (Å²) >= 11 is 1.77. The Morgan fingerprint density at radius 2 is 2.18 bits per heavy atom. The highest BCUT2D eigenvalue weighted by Crippen LogP contribution is 2.13. The average Bonchev–Trinajstić information content (AvgIpc) is 2.82. The van der Waals surface area contributed by atoms with Gasteiger partial charge >= 0.3 is 0 Å². The van der Waals surface area contributed by atoms with Gasteiger partial charge in [-0.15, -0.1) is 11.3 Å². The summed E-state index contributed by atoms with van der Waals surface area (Å²) in [7, 11) is 1.60. The van der Waals surface area contributed by atoms with Crippen LogP contribution in [-0.2, 0) is 6.42 Å². The maximum atomic E-state index is 5.01. The van der Waals surface area contributed by atoms with E-state index in [-0.39, 0.29) is 0 Å². The molecular weight excluding hydrogens is 234 g/mol. The lowest BCUT2D eigenvalue weighted by Gasteiger charge is -2.12. The van der Waals surface area contributed by atoms with Crippen molar-refractivity contribution in [1.29, 1.82) is 0 Å². The molecule has 0 fully saturated rings. The van der Waals surface area contributed by atoms with Crippen LogP contribution in [0.3, 0.4) is 0 Å². The van der Waals surface area contributed by atoms with Gasteiger partial charge in [-0.3, -0.25) is 0 Å². The zero-order chi connectivity index (χ0) is 12.1. The molecule has 2 rings (SSSR count). The van der Waals surface area contributed by atoms with Crippen LogP contribution in [0.2, 0.25) is 0 Å². The summed E-state index contributed by atoms with van der Waals surface area (Å²) in [6, 6.07) is 4.51. The summed E-state index contributed by atoms with van der Waals surface area (Å²) in [5, 5.41) is 5.35. The second-order valence-corrected chi connectivity index (χ2v) is 4.81. The molecule has 1 atom stereocenters. The SMILES string of the molecule is COc1cnc(NC(C)Cc2cccs2)nc1. The monoisotopic (exact) mass is 249 g/mol. The lowest BCUT2D eigenvalue weighted by molar-refractivity contribution is 0.411. The van der Waals surface area contributed by atoms with Crippen LogP contribution in [0.1, 0.15) is 11.8 Å². The van der Waals surface area contributed by atoms with Crippen LogP contribution in [0.15, 0.2) is 29.9 Å². The molecule has 1 unspecified atom stereocenters. The molecule has 5 heteroatoms. The first kappa shape index (κ1) is 11.9. The van der Waals surface area contributed by atoms with Gasteiger partial charge in [0.15, 0.2) is 5.75 Å². The third-order valence-corrected chi connectivity index (χ3v) is 3.23. The summed E-state index contributed by atoms with van der Waals surface area (Å²) in [6.07, 6.45) is 4.30. The fraction of sp³-hybridized carbons (Fsp3) is 0.333. The third kappa shape index (κ3) is 3.42. The predicted molar refractivity (Wildman–Crippen MR) is 69.7 cm³/mol.